The summed E-state index contributed by atoms with van der Waals surface area (Å²) in [6.07, 6.45) is 5.19. The van der Waals surface area contributed by atoms with Crippen molar-refractivity contribution in [1.29, 1.82) is 5.26 Å². The molecule has 2 heterocycles. The summed E-state index contributed by atoms with van der Waals surface area (Å²) < 4.78 is 29.4. The monoisotopic (exact) mass is 446 g/mol. The molecule has 0 spiro atoms. The van der Waals surface area contributed by atoms with Crippen LogP contribution in [-0.4, -0.2) is 58.4 Å². The average Bonchev–Trinajstić information content (AvgIpc) is 3.39. The number of urea groups is 1. The Morgan fingerprint density at radius 3 is 2.67 bits per heavy atom. The first-order valence-electron chi connectivity index (χ1n) is 9.31. The largest absolute Gasteiger partial charge is 0.501 e. The topological polar surface area (TPSA) is 123 Å². The number of aryl methyl sites for hydroxylation is 2. The second-order valence-corrected chi connectivity index (χ2v) is 10.7. The molecule has 3 aliphatic rings. The van der Waals surface area contributed by atoms with E-state index in [4.69, 9.17) is 0 Å². The first kappa shape index (κ1) is 20.6. The van der Waals surface area contributed by atoms with Crippen molar-refractivity contribution in [3.8, 4) is 6.07 Å². The number of sulfonamides is 1. The van der Waals surface area contributed by atoms with Gasteiger partial charge in [0.1, 0.15) is 28.6 Å². The molecule has 156 valence electrons. The molecule has 0 aromatic carbocycles. The lowest BCUT2D eigenvalue weighted by Gasteiger charge is -2.24. The molecular formula is C19H20N5O4S2+. The van der Waals surface area contributed by atoms with Gasteiger partial charge in [0.25, 0.3) is 0 Å². The number of nitriles is 1. The third kappa shape index (κ3) is 3.40. The van der Waals surface area contributed by atoms with Crippen LogP contribution in [0.5, 0.6) is 0 Å². The highest BCUT2D eigenvalue weighted by Gasteiger charge is 2.49. The molecule has 1 aliphatic heterocycles. The van der Waals surface area contributed by atoms with Gasteiger partial charge in [0, 0.05) is 0 Å². The highest BCUT2D eigenvalue weighted by atomic mass is 32.2. The van der Waals surface area contributed by atoms with Crippen molar-refractivity contribution in [1.82, 2.24) is 14.6 Å². The molecule has 30 heavy (non-hydrogen) atoms. The van der Waals surface area contributed by atoms with Crippen LogP contribution in [0.3, 0.4) is 0 Å². The minimum absolute atomic E-state index is 0.149. The van der Waals surface area contributed by atoms with Crippen LogP contribution >= 0.6 is 11.3 Å². The van der Waals surface area contributed by atoms with Gasteiger partial charge in [-0.3, -0.25) is 0 Å². The Balaban J connectivity index is 1.73. The fourth-order valence-corrected chi connectivity index (χ4v) is 5.92. The van der Waals surface area contributed by atoms with Gasteiger partial charge in [-0.2, -0.15) is 24.3 Å². The molecule has 0 radical (unpaired) electrons. The number of carbonyl (C=O) groups excluding carboxylic acids is 2. The number of allylic oxidation sites excluding steroid dienone is 1. The van der Waals surface area contributed by atoms with Crippen molar-refractivity contribution < 1.29 is 22.6 Å². The molecular weight excluding hydrogens is 426 g/mol. The van der Waals surface area contributed by atoms with E-state index >= 15 is 0 Å². The molecule has 1 fully saturated rings. The van der Waals surface area contributed by atoms with Gasteiger partial charge >= 0.3 is 11.9 Å². The Bertz CT molecular complexity index is 1210. The number of hydrogen-bond acceptors (Lipinski definition) is 7. The van der Waals surface area contributed by atoms with E-state index in [1.807, 2.05) is 19.9 Å². The number of nitrogens with zero attached hydrogens (tertiary/aromatic N) is 4. The van der Waals surface area contributed by atoms with Crippen LogP contribution in [0.2, 0.25) is 0 Å². The van der Waals surface area contributed by atoms with Crippen LogP contribution in [0.25, 0.3) is 0 Å². The number of amides is 3. The maximum Gasteiger partial charge on any atom is 0.501 e. The summed E-state index contributed by atoms with van der Waals surface area (Å²) >= 11 is 1.47. The molecule has 9 nitrogen and oxygen atoms in total. The predicted molar refractivity (Wildman–Crippen MR) is 109 cm³/mol. The van der Waals surface area contributed by atoms with Crippen LogP contribution in [0.1, 0.15) is 28.4 Å². The summed E-state index contributed by atoms with van der Waals surface area (Å²) in [6.45, 7) is 3.97. The number of rotatable bonds is 5. The van der Waals surface area contributed by atoms with E-state index in [1.165, 1.54) is 41.2 Å². The van der Waals surface area contributed by atoms with Crippen LogP contribution in [0, 0.1) is 25.2 Å². The van der Waals surface area contributed by atoms with Gasteiger partial charge < -0.3 is 0 Å². The van der Waals surface area contributed by atoms with Gasteiger partial charge in [-0.05, 0) is 38.8 Å². The molecule has 0 saturated heterocycles. The summed E-state index contributed by atoms with van der Waals surface area (Å²) in [5.74, 6) is -0.561. The van der Waals surface area contributed by atoms with Crippen molar-refractivity contribution in [3.63, 3.8) is 0 Å². The second-order valence-electron chi connectivity index (χ2n) is 7.60. The number of aromatic nitrogens is 1. The van der Waals surface area contributed by atoms with E-state index in [2.05, 4.69) is 9.71 Å². The van der Waals surface area contributed by atoms with Crippen molar-refractivity contribution in [2.45, 2.75) is 44.0 Å². The maximum atomic E-state index is 12.8. The highest BCUT2D eigenvalue weighted by Crippen LogP contribution is 2.36. The zero-order chi connectivity index (χ0) is 21.8. The highest BCUT2D eigenvalue weighted by molar-refractivity contribution is 7.90. The number of imide groups is 1. The molecule has 1 saturated carbocycles. The zero-order valence-corrected chi connectivity index (χ0v) is 18.3. The number of thiazole rings is 1. The first-order chi connectivity index (χ1) is 14.1. The van der Waals surface area contributed by atoms with Gasteiger partial charge in [-0.15, -0.1) is 11.3 Å². The Labute approximate surface area is 178 Å². The lowest BCUT2D eigenvalue weighted by molar-refractivity contribution is -0.451. The molecule has 0 bridgehead atoms. The molecule has 3 amide bonds. The normalized spacial score (nSPS) is 22.7. The minimum atomic E-state index is -3.91. The van der Waals surface area contributed by atoms with Crippen molar-refractivity contribution in [2.24, 2.45) is 0 Å². The first-order valence-corrected chi connectivity index (χ1v) is 11.7. The number of hydrogen-bond donors (Lipinski definition) is 1. The molecule has 4 rings (SSSR count). The van der Waals surface area contributed by atoms with Crippen molar-refractivity contribution in [2.75, 3.05) is 7.05 Å². The van der Waals surface area contributed by atoms with E-state index in [0.717, 1.165) is 20.5 Å². The summed E-state index contributed by atoms with van der Waals surface area (Å²) in [5.41, 5.74) is 0.273. The molecule has 1 unspecified atom stereocenters. The van der Waals surface area contributed by atoms with E-state index in [-0.39, 0.29) is 12.1 Å². The molecule has 1 atom stereocenters. The van der Waals surface area contributed by atoms with Crippen LogP contribution < -0.4 is 4.72 Å². The fourth-order valence-electron chi connectivity index (χ4n) is 3.46. The molecule has 1 aromatic rings. The lowest BCUT2D eigenvalue weighted by Crippen LogP contribution is -2.50. The predicted octanol–water partition coefficient (Wildman–Crippen LogP) is 1.15. The van der Waals surface area contributed by atoms with Gasteiger partial charge in [0.15, 0.2) is 0 Å². The van der Waals surface area contributed by atoms with Crippen LogP contribution in [0.15, 0.2) is 23.8 Å². The SMILES string of the molecule is Cc1nc(C)c(C[N+]2=C3C=CC(S(=O)(=O)NC4(C#N)CC4)C=C3C(=O)N(C)C2=O)s1. The average molecular weight is 447 g/mol. The van der Waals surface area contributed by atoms with Gasteiger partial charge in [0.05, 0.1) is 28.7 Å². The van der Waals surface area contributed by atoms with E-state index in [0.29, 0.717) is 18.6 Å². The molecule has 2 aliphatic carbocycles. The maximum absolute atomic E-state index is 12.8. The number of carbonyl (C=O) groups is 2. The third-order valence-electron chi connectivity index (χ3n) is 5.36. The van der Waals surface area contributed by atoms with Gasteiger partial charge in [-0.1, -0.05) is 6.08 Å². The van der Waals surface area contributed by atoms with E-state index in [1.54, 1.807) is 0 Å². The summed E-state index contributed by atoms with van der Waals surface area (Å²) in [6, 6.07) is 1.51. The standard InChI is InChI=1S/C19H20N5O4S2/c1-11-16(29-12(2)21-11)9-24-15-5-4-13(8-14(15)17(25)23(3)18(24)26)30(27,28)22-19(10-20)6-7-19/h4-5,8,13,22H,6-7,9H2,1-3H3/q+1. The molecule has 11 heteroatoms. The smallest absolute Gasteiger partial charge is 0.246 e. The fraction of sp³-hybridized carbons (Fsp3) is 0.421. The van der Waals surface area contributed by atoms with Crippen LogP contribution in [0.4, 0.5) is 4.79 Å². The Hall–Kier alpha value is -2.68. The summed E-state index contributed by atoms with van der Waals surface area (Å²) in [5, 5.41) is 8.95. The van der Waals surface area contributed by atoms with E-state index in [9.17, 15) is 23.3 Å². The Morgan fingerprint density at radius 1 is 1.40 bits per heavy atom. The summed E-state index contributed by atoms with van der Waals surface area (Å²) in [4.78, 5) is 31.8. The van der Waals surface area contributed by atoms with Crippen molar-refractivity contribution in [3.05, 3.63) is 39.4 Å². The van der Waals surface area contributed by atoms with Gasteiger partial charge in [-0.25, -0.2) is 18.2 Å². The summed E-state index contributed by atoms with van der Waals surface area (Å²) in [7, 11) is -2.54. The second kappa shape index (κ2) is 6.94. The Morgan fingerprint density at radius 2 is 2.10 bits per heavy atom. The van der Waals surface area contributed by atoms with Crippen LogP contribution in [-0.2, 0) is 21.4 Å². The number of likely N-dealkylation sites (N-methyl/N-ethyl adjacent to an activating group) is 1. The molecule has 1 aromatic heterocycles. The lowest BCUT2D eigenvalue weighted by atomic mass is 10.00. The Kier molecular flexibility index (Phi) is 4.76. The number of nitrogens with one attached hydrogen (secondary N) is 1. The third-order valence-corrected chi connectivity index (χ3v) is 8.10. The quantitative estimate of drug-likeness (QED) is 0.677. The minimum Gasteiger partial charge on any atom is -0.246 e. The van der Waals surface area contributed by atoms with E-state index < -0.39 is 32.8 Å². The van der Waals surface area contributed by atoms with Crippen molar-refractivity contribution >= 4 is 39.0 Å². The molecule has 1 N–H and O–H groups in total. The number of fused-ring (bicyclic) bond motifs is 1. The zero-order valence-electron chi connectivity index (χ0n) is 16.7. The van der Waals surface area contributed by atoms with Gasteiger partial charge in [0.2, 0.25) is 10.0 Å².